The van der Waals surface area contributed by atoms with E-state index < -0.39 is 0 Å². The lowest BCUT2D eigenvalue weighted by Crippen LogP contribution is -2.15. The molecule has 0 spiro atoms. The topological polar surface area (TPSA) is 9.86 Å². The van der Waals surface area contributed by atoms with Gasteiger partial charge >= 0.3 is 0 Å². The maximum atomic E-state index is 2.52. The van der Waals surface area contributed by atoms with Crippen LogP contribution in [0.1, 0.15) is 49.9 Å². The molecule has 0 saturated carbocycles. The molecule has 10 aromatic rings. The average Bonchev–Trinajstić information content (AvgIpc) is 3.88. The summed E-state index contributed by atoms with van der Waals surface area (Å²) in [6.07, 6.45) is 0. The Morgan fingerprint density at radius 3 is 1.09 bits per heavy atom. The van der Waals surface area contributed by atoms with Gasteiger partial charge in [0.2, 0.25) is 0 Å². The molecular weight excluding hydrogens is 677 g/mol. The lowest BCUT2D eigenvalue weighted by molar-refractivity contribution is 0.661. The number of nitrogens with zero attached hydrogens (tertiary/aromatic N) is 2. The van der Waals surface area contributed by atoms with E-state index in [2.05, 4.69) is 207 Å². The minimum Gasteiger partial charge on any atom is -0.309 e. The van der Waals surface area contributed by atoms with Crippen LogP contribution in [0.4, 0.5) is 0 Å². The van der Waals surface area contributed by atoms with E-state index in [4.69, 9.17) is 0 Å². The fraction of sp³-hybridized carbons (Fsp3) is 0.111. The van der Waals surface area contributed by atoms with Gasteiger partial charge in [-0.05, 0) is 93.0 Å². The van der Waals surface area contributed by atoms with E-state index in [-0.39, 0.29) is 10.8 Å². The molecule has 0 aliphatic heterocycles. The van der Waals surface area contributed by atoms with Crippen LogP contribution < -0.4 is 0 Å². The number of rotatable bonds is 3. The van der Waals surface area contributed by atoms with Crippen LogP contribution in [-0.2, 0) is 10.8 Å². The zero-order valence-electron chi connectivity index (χ0n) is 32.1. The highest BCUT2D eigenvalue weighted by molar-refractivity contribution is 6.14. The molecule has 0 atom stereocenters. The fourth-order valence-corrected chi connectivity index (χ4v) is 10.6. The normalized spacial score (nSPS) is 14.7. The first kappa shape index (κ1) is 31.7. The summed E-state index contributed by atoms with van der Waals surface area (Å²) in [6.45, 7) is 9.51. The van der Waals surface area contributed by atoms with E-state index in [1.807, 2.05) is 0 Å². The number of benzene rings is 8. The molecule has 266 valence electrons. The predicted octanol–water partition coefficient (Wildman–Crippen LogP) is 14.2. The van der Waals surface area contributed by atoms with Gasteiger partial charge in [0.1, 0.15) is 0 Å². The van der Waals surface area contributed by atoms with Crippen LogP contribution in [0, 0.1) is 0 Å². The molecule has 8 aromatic carbocycles. The standard InChI is InChI=1S/C54H40N2/c1-53(2)43-23-11-5-17-33(43)39-29-41-37-21-9-15-27-49(37)55(51(41)31-45(39)53)47-25-13-7-19-35(47)36-20-8-14-26-48(36)56-50-28-16-10-22-38(50)42-30-40-34-18-6-12-24-44(34)54(3,4)46(40)32-52(42)56/h5-32H,1-4H3. The van der Waals surface area contributed by atoms with Gasteiger partial charge in [-0.3, -0.25) is 0 Å². The zero-order valence-corrected chi connectivity index (χ0v) is 32.1. The Labute approximate surface area is 326 Å². The summed E-state index contributed by atoms with van der Waals surface area (Å²) in [7, 11) is 0. The number of hydrogen-bond donors (Lipinski definition) is 0. The molecule has 56 heavy (non-hydrogen) atoms. The van der Waals surface area contributed by atoms with E-state index >= 15 is 0 Å². The van der Waals surface area contributed by atoms with E-state index in [1.54, 1.807) is 0 Å². The molecule has 2 aromatic heterocycles. The van der Waals surface area contributed by atoms with Gasteiger partial charge in [0.25, 0.3) is 0 Å². The summed E-state index contributed by atoms with van der Waals surface area (Å²) >= 11 is 0. The smallest absolute Gasteiger partial charge is 0.0544 e. The highest BCUT2D eigenvalue weighted by Crippen LogP contribution is 2.53. The summed E-state index contributed by atoms with van der Waals surface area (Å²) in [4.78, 5) is 0. The van der Waals surface area contributed by atoms with E-state index in [0.29, 0.717) is 0 Å². The van der Waals surface area contributed by atoms with Crippen molar-refractivity contribution < 1.29 is 0 Å². The van der Waals surface area contributed by atoms with Gasteiger partial charge in [0, 0.05) is 43.5 Å². The largest absolute Gasteiger partial charge is 0.309 e. The minimum atomic E-state index is -0.0971. The summed E-state index contributed by atoms with van der Waals surface area (Å²) in [5.74, 6) is 0. The van der Waals surface area contributed by atoms with Crippen LogP contribution in [0.25, 0.3) is 88.4 Å². The molecule has 0 amide bonds. The molecule has 2 heteroatoms. The average molecular weight is 717 g/mol. The number of para-hydroxylation sites is 4. The van der Waals surface area contributed by atoms with Gasteiger partial charge < -0.3 is 9.13 Å². The second-order valence-electron chi connectivity index (χ2n) is 16.9. The lowest BCUT2D eigenvalue weighted by atomic mass is 9.82. The molecule has 2 nitrogen and oxygen atoms in total. The zero-order chi connectivity index (χ0) is 37.5. The van der Waals surface area contributed by atoms with Gasteiger partial charge in [0.05, 0.1) is 33.4 Å². The Bertz CT molecular complexity index is 3090. The highest BCUT2D eigenvalue weighted by atomic mass is 15.0. The second-order valence-corrected chi connectivity index (χ2v) is 16.9. The van der Waals surface area contributed by atoms with Crippen LogP contribution in [-0.4, -0.2) is 9.13 Å². The number of hydrogen-bond acceptors (Lipinski definition) is 0. The molecule has 2 heterocycles. The molecule has 0 fully saturated rings. The number of fused-ring (bicyclic) bond motifs is 12. The van der Waals surface area contributed by atoms with Crippen molar-refractivity contribution in [1.29, 1.82) is 0 Å². The maximum Gasteiger partial charge on any atom is 0.0544 e. The van der Waals surface area contributed by atoms with Crippen molar-refractivity contribution in [3.63, 3.8) is 0 Å². The van der Waals surface area contributed by atoms with Crippen LogP contribution in [0.5, 0.6) is 0 Å². The lowest BCUT2D eigenvalue weighted by Gasteiger charge is -2.22. The SMILES string of the molecule is CC1(C)c2ccccc2-c2cc3c4ccccc4n(-c4ccccc4-c4ccccc4-n4c5ccccc5c5cc6c(cc54)C(C)(C)c4ccccc4-6)c3cc21. The Hall–Kier alpha value is -6.64. The Morgan fingerprint density at radius 2 is 0.643 bits per heavy atom. The molecule has 2 aliphatic carbocycles. The van der Waals surface area contributed by atoms with Gasteiger partial charge in [-0.1, -0.05) is 149 Å². The van der Waals surface area contributed by atoms with Crippen LogP contribution in [0.3, 0.4) is 0 Å². The first-order valence-corrected chi connectivity index (χ1v) is 19.9. The summed E-state index contributed by atoms with van der Waals surface area (Å²) in [5, 5.41) is 5.12. The van der Waals surface area contributed by atoms with Crippen LogP contribution >= 0.6 is 0 Å². The molecule has 0 radical (unpaired) electrons. The highest BCUT2D eigenvalue weighted by Gasteiger charge is 2.37. The van der Waals surface area contributed by atoms with Crippen molar-refractivity contribution in [1.82, 2.24) is 9.13 Å². The van der Waals surface area contributed by atoms with Gasteiger partial charge in [0.15, 0.2) is 0 Å². The Kier molecular flexibility index (Phi) is 6.22. The summed E-state index contributed by atoms with van der Waals surface area (Å²) < 4.78 is 5.04. The van der Waals surface area contributed by atoms with Crippen LogP contribution in [0.2, 0.25) is 0 Å². The van der Waals surface area contributed by atoms with Crippen molar-refractivity contribution in [3.8, 4) is 44.8 Å². The molecule has 0 N–H and O–H groups in total. The molecule has 12 rings (SSSR count). The molecule has 2 aliphatic rings. The van der Waals surface area contributed by atoms with E-state index in [0.717, 1.165) is 0 Å². The molecule has 0 unspecified atom stereocenters. The monoisotopic (exact) mass is 716 g/mol. The van der Waals surface area contributed by atoms with Gasteiger partial charge in [-0.15, -0.1) is 0 Å². The molecule has 0 saturated heterocycles. The van der Waals surface area contributed by atoms with Crippen molar-refractivity contribution in [2.75, 3.05) is 0 Å². The third-order valence-electron chi connectivity index (χ3n) is 13.3. The molecule has 0 bridgehead atoms. The third kappa shape index (κ3) is 4.01. The van der Waals surface area contributed by atoms with Crippen molar-refractivity contribution >= 4 is 43.6 Å². The van der Waals surface area contributed by atoms with Gasteiger partial charge in [-0.25, -0.2) is 0 Å². The Morgan fingerprint density at radius 1 is 0.286 bits per heavy atom. The second kappa shape index (κ2) is 11.0. The van der Waals surface area contributed by atoms with Crippen molar-refractivity contribution in [2.24, 2.45) is 0 Å². The van der Waals surface area contributed by atoms with E-state index in [9.17, 15) is 0 Å². The quantitative estimate of drug-likeness (QED) is 0.172. The van der Waals surface area contributed by atoms with E-state index in [1.165, 1.54) is 111 Å². The maximum absolute atomic E-state index is 2.52. The fourth-order valence-electron chi connectivity index (χ4n) is 10.6. The van der Waals surface area contributed by atoms with Crippen molar-refractivity contribution in [2.45, 2.75) is 38.5 Å². The first-order valence-electron chi connectivity index (χ1n) is 19.9. The van der Waals surface area contributed by atoms with Crippen molar-refractivity contribution in [3.05, 3.63) is 192 Å². The molecular formula is C54H40N2. The third-order valence-corrected chi connectivity index (χ3v) is 13.3. The first-order chi connectivity index (χ1) is 27.3. The summed E-state index contributed by atoms with van der Waals surface area (Å²) in [6, 6.07) is 63.7. The minimum absolute atomic E-state index is 0.0971. The van der Waals surface area contributed by atoms with Crippen LogP contribution in [0.15, 0.2) is 170 Å². The number of aromatic nitrogens is 2. The summed E-state index contributed by atoms with van der Waals surface area (Å²) in [5.41, 5.74) is 20.5. The Balaban J connectivity index is 1.13. The predicted molar refractivity (Wildman–Crippen MR) is 236 cm³/mol. The van der Waals surface area contributed by atoms with Gasteiger partial charge in [-0.2, -0.15) is 0 Å².